The number of methoxy groups -OCH3 is 2. The molecule has 100 valence electrons. The monoisotopic (exact) mass is 280 g/mol. The molecule has 0 saturated carbocycles. The molecule has 6 nitrogen and oxygen atoms in total. The number of hydrogen-bond acceptors (Lipinski definition) is 6. The smallest absolute Gasteiger partial charge is 0.149 e. The highest BCUT2D eigenvalue weighted by atomic mass is 35.5. The number of hydrogen-bond donors (Lipinski definition) is 2. The highest BCUT2D eigenvalue weighted by molar-refractivity contribution is 6.32. The molecule has 0 bridgehead atoms. The molecular formula is C12H13ClN4O2. The molecule has 0 amide bonds. The molecule has 2 aromatic rings. The summed E-state index contributed by atoms with van der Waals surface area (Å²) in [6.07, 6.45) is 2.98. The molecule has 7 heteroatoms. The number of benzene rings is 1. The van der Waals surface area contributed by atoms with Crippen molar-refractivity contribution in [2.75, 3.05) is 25.3 Å². The lowest BCUT2D eigenvalue weighted by molar-refractivity contribution is 0.405. The van der Waals surface area contributed by atoms with E-state index in [0.717, 1.165) is 0 Å². The van der Waals surface area contributed by atoms with Crippen molar-refractivity contribution in [3.8, 4) is 11.5 Å². The number of ether oxygens (including phenoxy) is 2. The van der Waals surface area contributed by atoms with Gasteiger partial charge < -0.3 is 20.5 Å². The van der Waals surface area contributed by atoms with Crippen molar-refractivity contribution in [2.45, 2.75) is 0 Å². The predicted molar refractivity (Wildman–Crippen MR) is 74.3 cm³/mol. The molecule has 0 aliphatic carbocycles. The molecule has 1 aromatic heterocycles. The summed E-state index contributed by atoms with van der Waals surface area (Å²) in [6.45, 7) is 0. The van der Waals surface area contributed by atoms with Gasteiger partial charge in [-0.25, -0.2) is 9.97 Å². The van der Waals surface area contributed by atoms with Crippen LogP contribution in [0, 0.1) is 0 Å². The fourth-order valence-electron chi connectivity index (χ4n) is 1.50. The van der Waals surface area contributed by atoms with Gasteiger partial charge in [-0.1, -0.05) is 11.6 Å². The Morgan fingerprint density at radius 3 is 2.42 bits per heavy atom. The minimum Gasteiger partial charge on any atom is -0.495 e. The quantitative estimate of drug-likeness (QED) is 0.895. The Bertz CT molecular complexity index is 575. The second kappa shape index (κ2) is 5.62. The van der Waals surface area contributed by atoms with E-state index >= 15 is 0 Å². The van der Waals surface area contributed by atoms with Crippen LogP contribution < -0.4 is 20.5 Å². The molecule has 0 radical (unpaired) electrons. The molecule has 19 heavy (non-hydrogen) atoms. The minimum absolute atomic E-state index is 0.353. The topological polar surface area (TPSA) is 82.3 Å². The lowest BCUT2D eigenvalue weighted by Gasteiger charge is -2.13. The van der Waals surface area contributed by atoms with E-state index in [4.69, 9.17) is 26.8 Å². The lowest BCUT2D eigenvalue weighted by Crippen LogP contribution is -1.99. The van der Waals surface area contributed by atoms with Gasteiger partial charge in [0.15, 0.2) is 0 Å². The molecule has 0 saturated heterocycles. The fraction of sp³-hybridized carbons (Fsp3) is 0.167. The van der Waals surface area contributed by atoms with Crippen LogP contribution in [0.2, 0.25) is 5.02 Å². The molecule has 3 N–H and O–H groups in total. The van der Waals surface area contributed by atoms with Gasteiger partial charge in [-0.3, -0.25) is 0 Å². The third-order valence-corrected chi connectivity index (χ3v) is 2.70. The van der Waals surface area contributed by atoms with Crippen molar-refractivity contribution in [1.82, 2.24) is 9.97 Å². The molecule has 2 rings (SSSR count). The number of halogens is 1. The summed E-state index contributed by atoms with van der Waals surface area (Å²) in [5.74, 6) is 2.00. The summed E-state index contributed by atoms with van der Waals surface area (Å²) in [6, 6.07) is 3.38. The Kier molecular flexibility index (Phi) is 3.91. The van der Waals surface area contributed by atoms with Crippen LogP contribution in [0.1, 0.15) is 0 Å². The van der Waals surface area contributed by atoms with Crippen molar-refractivity contribution in [3.63, 3.8) is 0 Å². The number of anilines is 3. The minimum atomic E-state index is 0.353. The maximum absolute atomic E-state index is 6.03. The summed E-state index contributed by atoms with van der Waals surface area (Å²) in [4.78, 5) is 8.04. The molecule has 1 heterocycles. The summed E-state index contributed by atoms with van der Waals surface area (Å²) in [5.41, 5.74) is 6.15. The second-order valence-electron chi connectivity index (χ2n) is 3.64. The fourth-order valence-corrected chi connectivity index (χ4v) is 1.73. The van der Waals surface area contributed by atoms with Crippen LogP contribution in [0.4, 0.5) is 17.3 Å². The van der Waals surface area contributed by atoms with E-state index in [1.54, 1.807) is 26.4 Å². The van der Waals surface area contributed by atoms with Gasteiger partial charge >= 0.3 is 0 Å². The van der Waals surface area contributed by atoms with Crippen LogP contribution in [0.15, 0.2) is 24.5 Å². The molecular weight excluding hydrogens is 268 g/mol. The first-order chi connectivity index (χ1) is 9.13. The van der Waals surface area contributed by atoms with Crippen molar-refractivity contribution < 1.29 is 9.47 Å². The van der Waals surface area contributed by atoms with Crippen LogP contribution in [-0.2, 0) is 0 Å². The molecule has 0 atom stereocenters. The van der Waals surface area contributed by atoms with E-state index in [1.165, 1.54) is 12.4 Å². The predicted octanol–water partition coefficient (Wildman–Crippen LogP) is 2.47. The van der Waals surface area contributed by atoms with Crippen LogP contribution in [0.3, 0.4) is 0 Å². The van der Waals surface area contributed by atoms with Crippen molar-refractivity contribution in [3.05, 3.63) is 29.5 Å². The molecule has 0 aliphatic rings. The largest absolute Gasteiger partial charge is 0.495 e. The first-order valence-corrected chi connectivity index (χ1v) is 5.78. The summed E-state index contributed by atoms with van der Waals surface area (Å²) in [7, 11) is 3.10. The van der Waals surface area contributed by atoms with E-state index in [9.17, 15) is 0 Å². The standard InChI is InChI=1S/C12H13ClN4O2/c1-18-9-4-8(10(19-2)3-7(9)13)17-12-6-15-11(14)5-16-12/h3-6H,1-2H3,(H2,14,15)(H,16,17). The zero-order valence-electron chi connectivity index (χ0n) is 10.5. The average molecular weight is 281 g/mol. The van der Waals surface area contributed by atoms with Gasteiger partial charge in [-0.05, 0) is 0 Å². The molecule has 1 aromatic carbocycles. The SMILES string of the molecule is COc1cc(Nc2cnc(N)cn2)c(OC)cc1Cl. The summed E-state index contributed by atoms with van der Waals surface area (Å²) in [5, 5.41) is 3.53. The highest BCUT2D eigenvalue weighted by Crippen LogP contribution is 2.36. The Hall–Kier alpha value is -2.21. The Balaban J connectivity index is 2.35. The van der Waals surface area contributed by atoms with Crippen molar-refractivity contribution >= 4 is 28.9 Å². The first kappa shape index (κ1) is 13.2. The van der Waals surface area contributed by atoms with Crippen LogP contribution >= 0.6 is 11.6 Å². The van der Waals surface area contributed by atoms with Gasteiger partial charge in [-0.15, -0.1) is 0 Å². The third-order valence-electron chi connectivity index (χ3n) is 2.41. The van der Waals surface area contributed by atoms with E-state index in [-0.39, 0.29) is 0 Å². The lowest BCUT2D eigenvalue weighted by atomic mass is 10.2. The second-order valence-corrected chi connectivity index (χ2v) is 4.05. The van der Waals surface area contributed by atoms with Gasteiger partial charge in [-0.2, -0.15) is 0 Å². The normalized spacial score (nSPS) is 10.1. The van der Waals surface area contributed by atoms with Gasteiger partial charge in [0.25, 0.3) is 0 Å². The van der Waals surface area contributed by atoms with Crippen molar-refractivity contribution in [1.29, 1.82) is 0 Å². The summed E-state index contributed by atoms with van der Waals surface area (Å²) < 4.78 is 10.4. The Labute approximate surface area is 115 Å². The maximum atomic E-state index is 6.03. The van der Waals surface area contributed by atoms with Crippen LogP contribution in [0.25, 0.3) is 0 Å². The van der Waals surface area contributed by atoms with E-state index < -0.39 is 0 Å². The first-order valence-electron chi connectivity index (χ1n) is 5.40. The Morgan fingerprint density at radius 1 is 1.11 bits per heavy atom. The number of aromatic nitrogens is 2. The van der Waals surface area contributed by atoms with E-state index in [0.29, 0.717) is 33.8 Å². The third kappa shape index (κ3) is 2.97. The van der Waals surface area contributed by atoms with Crippen LogP contribution in [0.5, 0.6) is 11.5 Å². The molecule has 0 spiro atoms. The molecule has 0 unspecified atom stereocenters. The van der Waals surface area contributed by atoms with Crippen LogP contribution in [-0.4, -0.2) is 24.2 Å². The van der Waals surface area contributed by atoms with Crippen molar-refractivity contribution in [2.24, 2.45) is 0 Å². The number of nitrogens with one attached hydrogen (secondary N) is 1. The maximum Gasteiger partial charge on any atom is 0.149 e. The highest BCUT2D eigenvalue weighted by Gasteiger charge is 2.10. The van der Waals surface area contributed by atoms with E-state index in [1.807, 2.05) is 0 Å². The van der Waals surface area contributed by atoms with Gasteiger partial charge in [0.2, 0.25) is 0 Å². The zero-order chi connectivity index (χ0) is 13.8. The average Bonchev–Trinajstić information content (AvgIpc) is 2.42. The zero-order valence-corrected chi connectivity index (χ0v) is 11.2. The number of nitrogen functional groups attached to an aromatic ring is 1. The number of rotatable bonds is 4. The van der Waals surface area contributed by atoms with Gasteiger partial charge in [0, 0.05) is 12.1 Å². The van der Waals surface area contributed by atoms with Gasteiger partial charge in [0.1, 0.15) is 23.1 Å². The summed E-state index contributed by atoms with van der Waals surface area (Å²) >= 11 is 6.03. The molecule has 0 fully saturated rings. The Morgan fingerprint density at radius 2 is 1.84 bits per heavy atom. The molecule has 0 aliphatic heterocycles. The number of nitrogens with zero attached hydrogens (tertiary/aromatic N) is 2. The number of nitrogens with two attached hydrogens (primary N) is 1. The van der Waals surface area contributed by atoms with Gasteiger partial charge in [0.05, 0.1) is 37.3 Å². The van der Waals surface area contributed by atoms with E-state index in [2.05, 4.69) is 15.3 Å².